The quantitative estimate of drug-likeness (QED) is 0.150. The summed E-state index contributed by atoms with van der Waals surface area (Å²) in [5, 5.41) is 2.48. The highest BCUT2D eigenvalue weighted by Gasteiger charge is 2.51. The first kappa shape index (κ1) is 38.7. The van der Waals surface area contributed by atoms with Crippen LogP contribution in [0.2, 0.25) is 0 Å². The number of anilines is 6. The second kappa shape index (κ2) is 15.8. The third kappa shape index (κ3) is 6.26. The molecule has 0 atom stereocenters. The molecular weight excluding hydrogens is 809 g/mol. The zero-order valence-electron chi connectivity index (χ0n) is 36.8. The lowest BCUT2D eigenvalue weighted by Crippen LogP contribution is -2.25. The molecule has 0 heterocycles. The van der Waals surface area contributed by atoms with Crippen LogP contribution in [0.3, 0.4) is 0 Å². The van der Waals surface area contributed by atoms with Gasteiger partial charge in [0.2, 0.25) is 0 Å². The highest BCUT2D eigenvalue weighted by Crippen LogP contribution is 2.63. The van der Waals surface area contributed by atoms with Gasteiger partial charge in [0.1, 0.15) is 0 Å². The first-order chi connectivity index (χ1) is 33.2. The van der Waals surface area contributed by atoms with Gasteiger partial charge in [0.25, 0.3) is 0 Å². The molecule has 13 rings (SSSR count). The molecule has 0 amide bonds. The SMILES string of the molecule is c1ccc(N(c2ccccc2)c2ccc(-c3ccc4c(c3)C3(c5ccccc5-c5ccccc53)c3cc5cc(-c6ccc(N(c7ccccc7)c7ccccc7)cc6)ccc5cc3-4)cc2)cc1. The molecule has 2 nitrogen and oxygen atoms in total. The molecule has 2 aliphatic carbocycles. The fraction of sp³-hybridized carbons (Fsp3) is 0.0154. The van der Waals surface area contributed by atoms with E-state index in [9.17, 15) is 0 Å². The van der Waals surface area contributed by atoms with Crippen molar-refractivity contribution in [1.82, 2.24) is 0 Å². The summed E-state index contributed by atoms with van der Waals surface area (Å²) >= 11 is 0. The summed E-state index contributed by atoms with van der Waals surface area (Å²) in [7, 11) is 0. The van der Waals surface area contributed by atoms with Crippen LogP contribution in [0.1, 0.15) is 22.3 Å². The summed E-state index contributed by atoms with van der Waals surface area (Å²) < 4.78 is 0. The van der Waals surface area contributed by atoms with Gasteiger partial charge in [-0.3, -0.25) is 0 Å². The molecule has 11 aromatic carbocycles. The Hall–Kier alpha value is -8.72. The van der Waals surface area contributed by atoms with E-state index in [2.05, 4.69) is 277 Å². The molecule has 0 fully saturated rings. The molecule has 0 saturated carbocycles. The Balaban J connectivity index is 0.926. The average Bonchev–Trinajstić information content (AvgIpc) is 3.86. The van der Waals surface area contributed by atoms with Crippen molar-refractivity contribution in [2.75, 3.05) is 9.80 Å². The number of fused-ring (bicyclic) bond motifs is 11. The Kier molecular flexibility index (Phi) is 9.11. The Morgan fingerprint density at radius 3 is 1.04 bits per heavy atom. The maximum absolute atomic E-state index is 2.50. The van der Waals surface area contributed by atoms with Crippen LogP contribution in [0.4, 0.5) is 34.1 Å². The second-order valence-electron chi connectivity index (χ2n) is 17.7. The van der Waals surface area contributed by atoms with Gasteiger partial charge >= 0.3 is 0 Å². The first-order valence-electron chi connectivity index (χ1n) is 23.2. The summed E-state index contributed by atoms with van der Waals surface area (Å²) in [4.78, 5) is 4.63. The van der Waals surface area contributed by atoms with Gasteiger partial charge in [-0.2, -0.15) is 0 Å². The van der Waals surface area contributed by atoms with Crippen LogP contribution < -0.4 is 9.80 Å². The average molecular weight is 853 g/mol. The summed E-state index contributed by atoms with van der Waals surface area (Å²) in [6.07, 6.45) is 0. The predicted molar refractivity (Wildman–Crippen MR) is 280 cm³/mol. The minimum atomic E-state index is -0.477. The van der Waals surface area contributed by atoms with E-state index >= 15 is 0 Å². The van der Waals surface area contributed by atoms with Gasteiger partial charge in [0.15, 0.2) is 0 Å². The smallest absolute Gasteiger partial charge is 0.0725 e. The highest BCUT2D eigenvalue weighted by molar-refractivity contribution is 6.01. The van der Waals surface area contributed by atoms with Crippen LogP contribution in [0.5, 0.6) is 0 Å². The van der Waals surface area contributed by atoms with E-state index in [0.29, 0.717) is 0 Å². The Labute approximate surface area is 391 Å². The van der Waals surface area contributed by atoms with Gasteiger partial charge < -0.3 is 9.80 Å². The van der Waals surface area contributed by atoms with Crippen molar-refractivity contribution in [2.24, 2.45) is 0 Å². The second-order valence-corrected chi connectivity index (χ2v) is 17.7. The monoisotopic (exact) mass is 852 g/mol. The van der Waals surface area contributed by atoms with Gasteiger partial charge in [-0.15, -0.1) is 0 Å². The Bertz CT molecular complexity index is 3480. The summed E-state index contributed by atoms with van der Waals surface area (Å²) in [6, 6.07) is 97.8. The number of hydrogen-bond donors (Lipinski definition) is 0. The molecule has 0 radical (unpaired) electrons. The topological polar surface area (TPSA) is 6.48 Å². The van der Waals surface area contributed by atoms with Crippen molar-refractivity contribution in [3.63, 3.8) is 0 Å². The zero-order valence-corrected chi connectivity index (χ0v) is 36.8. The third-order valence-electron chi connectivity index (χ3n) is 14.0. The lowest BCUT2D eigenvalue weighted by molar-refractivity contribution is 0.795. The number of hydrogen-bond acceptors (Lipinski definition) is 2. The minimum absolute atomic E-state index is 0.477. The molecule has 0 bridgehead atoms. The van der Waals surface area contributed by atoms with E-state index in [1.807, 2.05) is 0 Å². The van der Waals surface area contributed by atoms with Crippen LogP contribution in [-0.4, -0.2) is 0 Å². The molecular formula is C65H44N2. The first-order valence-corrected chi connectivity index (χ1v) is 23.2. The molecule has 11 aromatic rings. The van der Waals surface area contributed by atoms with E-state index in [1.165, 1.54) is 77.5 Å². The molecule has 314 valence electrons. The van der Waals surface area contributed by atoms with Gasteiger partial charge in [-0.25, -0.2) is 0 Å². The van der Waals surface area contributed by atoms with Crippen LogP contribution in [0, 0.1) is 0 Å². The number of para-hydroxylation sites is 4. The summed E-state index contributed by atoms with van der Waals surface area (Å²) in [5.41, 5.74) is 21.6. The van der Waals surface area contributed by atoms with Crippen molar-refractivity contribution in [3.8, 4) is 44.5 Å². The van der Waals surface area contributed by atoms with Crippen LogP contribution in [0.15, 0.2) is 267 Å². The normalized spacial score (nSPS) is 12.6. The molecule has 2 aliphatic rings. The summed E-state index contributed by atoms with van der Waals surface area (Å²) in [6.45, 7) is 0. The summed E-state index contributed by atoms with van der Waals surface area (Å²) in [5.74, 6) is 0. The van der Waals surface area contributed by atoms with E-state index in [-0.39, 0.29) is 0 Å². The Morgan fingerprint density at radius 1 is 0.209 bits per heavy atom. The van der Waals surface area contributed by atoms with E-state index in [1.54, 1.807) is 0 Å². The highest BCUT2D eigenvalue weighted by atomic mass is 15.1. The van der Waals surface area contributed by atoms with Gasteiger partial charge in [-0.05, 0) is 175 Å². The van der Waals surface area contributed by atoms with E-state index in [4.69, 9.17) is 0 Å². The number of rotatable bonds is 8. The lowest BCUT2D eigenvalue weighted by Gasteiger charge is -2.31. The standard InChI is InChI=1S/C65H44N2/c1-5-17-51(18-6-1)66(52-19-7-2-8-20-52)55-36-31-45(32-37-55)47-29-30-48-42-60-59-40-35-49(46-33-38-56(39-34-46)67(53-21-9-3-10-22-53)54-23-11-4-12-24-54)43-63(59)65(64(60)44-50(48)41-47)61-27-15-13-25-57(61)58-26-14-16-28-62(58)65/h1-44H. The maximum atomic E-state index is 2.50. The van der Waals surface area contributed by atoms with Crippen LogP contribution >= 0.6 is 0 Å². The van der Waals surface area contributed by atoms with Crippen molar-refractivity contribution in [2.45, 2.75) is 5.41 Å². The van der Waals surface area contributed by atoms with Crippen molar-refractivity contribution in [3.05, 3.63) is 289 Å². The van der Waals surface area contributed by atoms with E-state index in [0.717, 1.165) is 34.1 Å². The van der Waals surface area contributed by atoms with Crippen molar-refractivity contribution >= 4 is 44.9 Å². The zero-order chi connectivity index (χ0) is 44.3. The third-order valence-corrected chi connectivity index (χ3v) is 14.0. The molecule has 2 heteroatoms. The molecule has 0 aromatic heterocycles. The molecule has 0 unspecified atom stereocenters. The fourth-order valence-corrected chi connectivity index (χ4v) is 11.0. The van der Waals surface area contributed by atoms with E-state index < -0.39 is 5.41 Å². The Morgan fingerprint density at radius 2 is 0.567 bits per heavy atom. The van der Waals surface area contributed by atoms with Crippen molar-refractivity contribution < 1.29 is 0 Å². The lowest BCUT2D eigenvalue weighted by atomic mass is 9.70. The maximum Gasteiger partial charge on any atom is 0.0725 e. The number of benzene rings is 11. The minimum Gasteiger partial charge on any atom is -0.311 e. The largest absolute Gasteiger partial charge is 0.311 e. The fourth-order valence-electron chi connectivity index (χ4n) is 11.0. The molecule has 1 spiro atoms. The van der Waals surface area contributed by atoms with Gasteiger partial charge in [0.05, 0.1) is 5.41 Å². The molecule has 0 saturated heterocycles. The van der Waals surface area contributed by atoms with Crippen LogP contribution in [-0.2, 0) is 5.41 Å². The predicted octanol–water partition coefficient (Wildman–Crippen LogP) is 17.5. The molecule has 0 aliphatic heterocycles. The molecule has 67 heavy (non-hydrogen) atoms. The van der Waals surface area contributed by atoms with Crippen molar-refractivity contribution in [1.29, 1.82) is 0 Å². The van der Waals surface area contributed by atoms with Gasteiger partial charge in [-0.1, -0.05) is 170 Å². The van der Waals surface area contributed by atoms with Gasteiger partial charge in [0, 0.05) is 34.1 Å². The molecule has 0 N–H and O–H groups in total. The van der Waals surface area contributed by atoms with Crippen LogP contribution in [0.25, 0.3) is 55.3 Å². The number of nitrogens with zero attached hydrogens (tertiary/aromatic N) is 2.